The van der Waals surface area contributed by atoms with E-state index in [-0.39, 0.29) is 0 Å². The van der Waals surface area contributed by atoms with Crippen LogP contribution in [-0.4, -0.2) is 47.6 Å². The molecule has 1 atom stereocenters. The molecule has 1 spiro atoms. The highest BCUT2D eigenvalue weighted by atomic mass is 32.2. The van der Waals surface area contributed by atoms with Crippen LogP contribution in [0.15, 0.2) is 0 Å². The number of hydrogen-bond donors (Lipinski definition) is 1. The molecule has 0 aromatic heterocycles. The highest BCUT2D eigenvalue weighted by Gasteiger charge is 2.45. The summed E-state index contributed by atoms with van der Waals surface area (Å²) < 4.78 is 0. The van der Waals surface area contributed by atoms with Gasteiger partial charge in [0.15, 0.2) is 0 Å². The average Bonchev–Trinajstić information content (AvgIpc) is 3.31. The van der Waals surface area contributed by atoms with Crippen molar-refractivity contribution in [2.75, 3.05) is 31.1 Å². The number of piperazine rings is 1. The Hall–Kier alpha value is 0.270. The van der Waals surface area contributed by atoms with E-state index in [1.54, 1.807) is 0 Å². The average molecular weight is 297 g/mol. The molecule has 2 aliphatic carbocycles. The maximum Gasteiger partial charge on any atom is 0.0334 e. The number of rotatable bonds is 6. The molecule has 3 heteroatoms. The highest BCUT2D eigenvalue weighted by molar-refractivity contribution is 7.99. The fraction of sp³-hybridized carbons (Fsp3) is 1.00. The predicted octanol–water partition coefficient (Wildman–Crippen LogP) is 3.52. The Morgan fingerprint density at radius 3 is 2.70 bits per heavy atom. The van der Waals surface area contributed by atoms with Crippen LogP contribution in [0, 0.1) is 5.92 Å². The molecule has 116 valence electrons. The number of nitrogens with one attached hydrogen (secondary N) is 1. The maximum absolute atomic E-state index is 3.93. The Bertz CT molecular complexity index is 297. The molecule has 0 radical (unpaired) electrons. The number of hydrogen-bond acceptors (Lipinski definition) is 3. The smallest absolute Gasteiger partial charge is 0.0334 e. The van der Waals surface area contributed by atoms with Crippen molar-refractivity contribution in [3.05, 3.63) is 0 Å². The molecule has 0 amide bonds. The van der Waals surface area contributed by atoms with E-state index in [2.05, 4.69) is 28.9 Å². The van der Waals surface area contributed by atoms with E-state index in [9.17, 15) is 0 Å². The zero-order valence-corrected chi connectivity index (χ0v) is 14.0. The maximum atomic E-state index is 3.93. The van der Waals surface area contributed by atoms with Crippen LogP contribution in [0.5, 0.6) is 0 Å². The SMILES string of the molecule is CCSCCCN1CC(C2CC2)NCC12CCCCC2. The summed E-state index contributed by atoms with van der Waals surface area (Å²) in [7, 11) is 0. The van der Waals surface area contributed by atoms with Gasteiger partial charge in [-0.2, -0.15) is 11.8 Å². The molecule has 1 heterocycles. The largest absolute Gasteiger partial charge is 0.311 e. The molecule has 0 aromatic rings. The summed E-state index contributed by atoms with van der Waals surface area (Å²) in [5, 5.41) is 3.93. The third-order valence-electron chi connectivity index (χ3n) is 5.68. The van der Waals surface area contributed by atoms with Crippen molar-refractivity contribution >= 4 is 11.8 Å². The van der Waals surface area contributed by atoms with Crippen molar-refractivity contribution in [2.24, 2.45) is 5.92 Å². The molecule has 1 unspecified atom stereocenters. The normalized spacial score (nSPS) is 30.8. The third-order valence-corrected chi connectivity index (χ3v) is 6.66. The number of thioether (sulfide) groups is 1. The molecule has 0 bridgehead atoms. The van der Waals surface area contributed by atoms with Crippen LogP contribution in [-0.2, 0) is 0 Å². The van der Waals surface area contributed by atoms with Gasteiger partial charge in [0.05, 0.1) is 0 Å². The molecule has 1 aliphatic heterocycles. The quantitative estimate of drug-likeness (QED) is 0.755. The van der Waals surface area contributed by atoms with Gasteiger partial charge in [-0.05, 0) is 56.1 Å². The summed E-state index contributed by atoms with van der Waals surface area (Å²) in [6, 6.07) is 0.807. The second-order valence-corrected chi connectivity index (χ2v) is 8.50. The Morgan fingerprint density at radius 2 is 2.00 bits per heavy atom. The summed E-state index contributed by atoms with van der Waals surface area (Å²) in [4.78, 5) is 2.92. The van der Waals surface area contributed by atoms with Gasteiger partial charge in [0, 0.05) is 24.7 Å². The first-order chi connectivity index (χ1) is 9.84. The lowest BCUT2D eigenvalue weighted by atomic mass is 9.78. The van der Waals surface area contributed by atoms with E-state index >= 15 is 0 Å². The minimum atomic E-state index is 0.528. The van der Waals surface area contributed by atoms with E-state index in [1.807, 2.05) is 0 Å². The van der Waals surface area contributed by atoms with Crippen LogP contribution in [0.3, 0.4) is 0 Å². The second kappa shape index (κ2) is 7.02. The lowest BCUT2D eigenvalue weighted by Crippen LogP contribution is -2.65. The Kier molecular flexibility index (Phi) is 5.33. The van der Waals surface area contributed by atoms with Crippen molar-refractivity contribution in [2.45, 2.75) is 69.9 Å². The van der Waals surface area contributed by atoms with Crippen molar-refractivity contribution in [3.63, 3.8) is 0 Å². The molecule has 2 saturated carbocycles. The fourth-order valence-corrected chi connectivity index (χ4v) is 4.90. The summed E-state index contributed by atoms with van der Waals surface area (Å²) in [6.07, 6.45) is 11.6. The lowest BCUT2D eigenvalue weighted by Gasteiger charge is -2.52. The number of nitrogens with zero attached hydrogens (tertiary/aromatic N) is 1. The minimum absolute atomic E-state index is 0.528. The van der Waals surface area contributed by atoms with Crippen LogP contribution < -0.4 is 5.32 Å². The molecule has 3 rings (SSSR count). The van der Waals surface area contributed by atoms with E-state index in [4.69, 9.17) is 0 Å². The first-order valence-electron chi connectivity index (χ1n) is 8.90. The van der Waals surface area contributed by atoms with E-state index in [0.29, 0.717) is 5.54 Å². The summed E-state index contributed by atoms with van der Waals surface area (Å²) in [6.45, 7) is 6.23. The molecular weight excluding hydrogens is 264 g/mol. The highest BCUT2D eigenvalue weighted by Crippen LogP contribution is 2.40. The molecule has 2 nitrogen and oxygen atoms in total. The van der Waals surface area contributed by atoms with Crippen molar-refractivity contribution in [1.29, 1.82) is 0 Å². The summed E-state index contributed by atoms with van der Waals surface area (Å²) in [5.74, 6) is 3.63. The molecule has 1 saturated heterocycles. The predicted molar refractivity (Wildman–Crippen MR) is 89.5 cm³/mol. The van der Waals surface area contributed by atoms with Gasteiger partial charge in [-0.25, -0.2) is 0 Å². The molecule has 1 N–H and O–H groups in total. The van der Waals surface area contributed by atoms with E-state index in [1.165, 1.54) is 82.5 Å². The lowest BCUT2D eigenvalue weighted by molar-refractivity contribution is 0.00658. The molecular formula is C17H32N2S. The topological polar surface area (TPSA) is 15.3 Å². The van der Waals surface area contributed by atoms with Crippen molar-refractivity contribution in [3.8, 4) is 0 Å². The zero-order chi connectivity index (χ0) is 13.8. The molecule has 3 fully saturated rings. The molecule has 0 aromatic carbocycles. The minimum Gasteiger partial charge on any atom is -0.311 e. The Labute approximate surface area is 129 Å². The van der Waals surface area contributed by atoms with Gasteiger partial charge in [0.1, 0.15) is 0 Å². The van der Waals surface area contributed by atoms with Gasteiger partial charge in [-0.1, -0.05) is 26.2 Å². The van der Waals surface area contributed by atoms with Gasteiger partial charge in [-0.15, -0.1) is 0 Å². The van der Waals surface area contributed by atoms with Gasteiger partial charge >= 0.3 is 0 Å². The van der Waals surface area contributed by atoms with Gasteiger partial charge in [0.25, 0.3) is 0 Å². The first kappa shape index (κ1) is 15.2. The van der Waals surface area contributed by atoms with Crippen LogP contribution in [0.2, 0.25) is 0 Å². The summed E-state index contributed by atoms with van der Waals surface area (Å²) in [5.41, 5.74) is 0.528. The van der Waals surface area contributed by atoms with Crippen molar-refractivity contribution < 1.29 is 0 Å². The standard InChI is InChI=1S/C17H32N2S/c1-2-20-12-6-11-19-13-16(15-7-8-15)18-14-17(19)9-4-3-5-10-17/h15-16,18H,2-14H2,1H3. The van der Waals surface area contributed by atoms with Crippen LogP contribution >= 0.6 is 11.8 Å². The zero-order valence-electron chi connectivity index (χ0n) is 13.2. The third kappa shape index (κ3) is 3.53. The first-order valence-corrected chi connectivity index (χ1v) is 10.1. The van der Waals surface area contributed by atoms with Gasteiger partial charge in [-0.3, -0.25) is 4.90 Å². The van der Waals surface area contributed by atoms with E-state index < -0.39 is 0 Å². The molecule has 20 heavy (non-hydrogen) atoms. The van der Waals surface area contributed by atoms with Crippen LogP contribution in [0.1, 0.15) is 58.3 Å². The van der Waals surface area contributed by atoms with E-state index in [0.717, 1.165) is 12.0 Å². The van der Waals surface area contributed by atoms with Crippen LogP contribution in [0.4, 0.5) is 0 Å². The molecule has 3 aliphatic rings. The monoisotopic (exact) mass is 296 g/mol. The van der Waals surface area contributed by atoms with Crippen molar-refractivity contribution in [1.82, 2.24) is 10.2 Å². The fourth-order valence-electron chi connectivity index (χ4n) is 4.28. The van der Waals surface area contributed by atoms with Gasteiger partial charge in [0.2, 0.25) is 0 Å². The van der Waals surface area contributed by atoms with Gasteiger partial charge < -0.3 is 5.32 Å². The second-order valence-electron chi connectivity index (χ2n) is 7.11. The van der Waals surface area contributed by atoms with Crippen LogP contribution in [0.25, 0.3) is 0 Å². The Morgan fingerprint density at radius 1 is 1.20 bits per heavy atom. The summed E-state index contributed by atoms with van der Waals surface area (Å²) >= 11 is 2.11. The Balaban J connectivity index is 1.58.